The lowest BCUT2D eigenvalue weighted by Gasteiger charge is -2.13. The molecule has 1 aliphatic rings. The summed E-state index contributed by atoms with van der Waals surface area (Å²) in [5.41, 5.74) is 2.98. The van der Waals surface area contributed by atoms with Crippen LogP contribution in [0.3, 0.4) is 0 Å². The van der Waals surface area contributed by atoms with Crippen LogP contribution in [0.1, 0.15) is 28.4 Å². The Kier molecular flexibility index (Phi) is 7.13. The van der Waals surface area contributed by atoms with E-state index in [2.05, 4.69) is 5.32 Å². The summed E-state index contributed by atoms with van der Waals surface area (Å²) >= 11 is 0. The van der Waals surface area contributed by atoms with Gasteiger partial charge < -0.3 is 24.3 Å². The SMILES string of the molecule is CCOc1cc(/C=C/C(=O)c2ccc3c(c2)OCO3)ccc1OCC(=O)Nc1ccccc1C. The van der Waals surface area contributed by atoms with Gasteiger partial charge in [0.2, 0.25) is 6.79 Å². The van der Waals surface area contributed by atoms with Crippen molar-refractivity contribution in [2.45, 2.75) is 13.8 Å². The van der Waals surface area contributed by atoms with Crippen molar-refractivity contribution in [1.82, 2.24) is 0 Å². The third kappa shape index (κ3) is 5.56. The summed E-state index contributed by atoms with van der Waals surface area (Å²) in [6, 6.07) is 17.9. The van der Waals surface area contributed by atoms with Gasteiger partial charge in [0.05, 0.1) is 6.61 Å². The zero-order chi connectivity index (χ0) is 23.9. The number of carbonyl (C=O) groups is 2. The van der Waals surface area contributed by atoms with Crippen molar-refractivity contribution >= 4 is 23.5 Å². The highest BCUT2D eigenvalue weighted by Gasteiger charge is 2.15. The number of nitrogens with one attached hydrogen (secondary N) is 1. The summed E-state index contributed by atoms with van der Waals surface area (Å²) in [5.74, 6) is 1.69. The molecule has 0 radical (unpaired) electrons. The van der Waals surface area contributed by atoms with Crippen LogP contribution in [0.15, 0.2) is 66.7 Å². The highest BCUT2D eigenvalue weighted by molar-refractivity contribution is 6.07. The topological polar surface area (TPSA) is 83.1 Å². The van der Waals surface area contributed by atoms with Gasteiger partial charge in [-0.15, -0.1) is 0 Å². The predicted molar refractivity (Wildman–Crippen MR) is 129 cm³/mol. The second-order valence-corrected chi connectivity index (χ2v) is 7.56. The standard InChI is InChI=1S/C27H25NO6/c1-3-31-25-14-19(8-11-22(29)20-10-13-24-26(15-20)34-17-33-24)9-12-23(25)32-16-27(30)28-21-7-5-4-6-18(21)2/h4-15H,3,16-17H2,1-2H3,(H,28,30)/b11-8+. The van der Waals surface area contributed by atoms with Crippen molar-refractivity contribution in [3.63, 3.8) is 0 Å². The molecule has 0 atom stereocenters. The first-order valence-electron chi connectivity index (χ1n) is 10.9. The Balaban J connectivity index is 1.41. The van der Waals surface area contributed by atoms with Crippen molar-refractivity contribution in [1.29, 1.82) is 0 Å². The fourth-order valence-corrected chi connectivity index (χ4v) is 3.38. The molecule has 1 N–H and O–H groups in total. The summed E-state index contributed by atoms with van der Waals surface area (Å²) in [4.78, 5) is 24.9. The summed E-state index contributed by atoms with van der Waals surface area (Å²) < 4.78 is 22.0. The molecule has 7 nitrogen and oxygen atoms in total. The van der Waals surface area contributed by atoms with E-state index in [1.54, 1.807) is 42.5 Å². The Morgan fingerprint density at radius 3 is 2.62 bits per heavy atom. The van der Waals surface area contributed by atoms with Crippen molar-refractivity contribution in [2.75, 3.05) is 25.3 Å². The number of anilines is 1. The lowest BCUT2D eigenvalue weighted by atomic mass is 10.1. The Labute approximate surface area is 197 Å². The van der Waals surface area contributed by atoms with E-state index in [9.17, 15) is 9.59 Å². The molecule has 0 bridgehead atoms. The quantitative estimate of drug-likeness (QED) is 0.357. The second-order valence-electron chi connectivity index (χ2n) is 7.56. The smallest absolute Gasteiger partial charge is 0.262 e. The number of amides is 1. The maximum Gasteiger partial charge on any atom is 0.262 e. The minimum absolute atomic E-state index is 0.158. The third-order valence-electron chi connectivity index (χ3n) is 5.13. The summed E-state index contributed by atoms with van der Waals surface area (Å²) in [6.45, 7) is 4.21. The van der Waals surface area contributed by atoms with Crippen LogP contribution in [-0.4, -0.2) is 31.7 Å². The van der Waals surface area contributed by atoms with Gasteiger partial charge in [0.15, 0.2) is 35.4 Å². The molecule has 0 fully saturated rings. The van der Waals surface area contributed by atoms with E-state index in [1.165, 1.54) is 6.08 Å². The largest absolute Gasteiger partial charge is 0.490 e. The molecule has 1 amide bonds. The number of hydrogen-bond acceptors (Lipinski definition) is 6. The van der Waals surface area contributed by atoms with E-state index in [0.717, 1.165) is 16.8 Å². The van der Waals surface area contributed by atoms with Crippen LogP contribution in [0.25, 0.3) is 6.08 Å². The van der Waals surface area contributed by atoms with Crippen LogP contribution in [0.5, 0.6) is 23.0 Å². The van der Waals surface area contributed by atoms with E-state index in [4.69, 9.17) is 18.9 Å². The Morgan fingerprint density at radius 1 is 0.971 bits per heavy atom. The number of ketones is 1. The van der Waals surface area contributed by atoms with Crippen LogP contribution in [0.4, 0.5) is 5.69 Å². The van der Waals surface area contributed by atoms with Crippen LogP contribution in [-0.2, 0) is 4.79 Å². The number of para-hydroxylation sites is 1. The van der Waals surface area contributed by atoms with E-state index in [-0.39, 0.29) is 25.1 Å². The number of aryl methyl sites for hydroxylation is 1. The van der Waals surface area contributed by atoms with Gasteiger partial charge in [-0.2, -0.15) is 0 Å². The minimum atomic E-state index is -0.268. The molecule has 3 aromatic carbocycles. The first kappa shape index (κ1) is 22.9. The van der Waals surface area contributed by atoms with Gasteiger partial charge in [-0.25, -0.2) is 0 Å². The van der Waals surface area contributed by atoms with E-state index >= 15 is 0 Å². The van der Waals surface area contributed by atoms with Gasteiger partial charge in [0, 0.05) is 11.3 Å². The molecule has 0 spiro atoms. The van der Waals surface area contributed by atoms with Gasteiger partial charge in [0.1, 0.15) is 0 Å². The number of rotatable bonds is 9. The number of hydrogen-bond donors (Lipinski definition) is 1. The molecular formula is C27H25NO6. The molecule has 0 saturated carbocycles. The molecule has 0 aliphatic carbocycles. The zero-order valence-corrected chi connectivity index (χ0v) is 19.0. The summed E-state index contributed by atoms with van der Waals surface area (Å²) in [6.07, 6.45) is 3.18. The van der Waals surface area contributed by atoms with Crippen LogP contribution in [0.2, 0.25) is 0 Å². The lowest BCUT2D eigenvalue weighted by molar-refractivity contribution is -0.118. The van der Waals surface area contributed by atoms with Gasteiger partial charge in [-0.05, 0) is 67.4 Å². The van der Waals surface area contributed by atoms with Gasteiger partial charge in [0.25, 0.3) is 5.91 Å². The molecule has 0 saturated heterocycles. The average Bonchev–Trinajstić information content (AvgIpc) is 3.31. The molecule has 7 heteroatoms. The Bertz CT molecular complexity index is 1230. The predicted octanol–water partition coefficient (Wildman–Crippen LogP) is 5.04. The first-order valence-corrected chi connectivity index (χ1v) is 10.9. The summed E-state index contributed by atoms with van der Waals surface area (Å²) in [5, 5.41) is 2.84. The molecule has 34 heavy (non-hydrogen) atoms. The number of fused-ring (bicyclic) bond motifs is 1. The maximum absolute atomic E-state index is 12.6. The van der Waals surface area contributed by atoms with Crippen molar-refractivity contribution in [3.8, 4) is 23.0 Å². The number of benzene rings is 3. The fraction of sp³-hybridized carbons (Fsp3) is 0.185. The zero-order valence-electron chi connectivity index (χ0n) is 19.0. The average molecular weight is 459 g/mol. The second kappa shape index (κ2) is 10.6. The molecule has 1 aliphatic heterocycles. The Hall–Kier alpha value is -4.26. The number of carbonyl (C=O) groups excluding carboxylic acids is 2. The third-order valence-corrected chi connectivity index (χ3v) is 5.13. The summed E-state index contributed by atoms with van der Waals surface area (Å²) in [7, 11) is 0. The maximum atomic E-state index is 12.6. The highest BCUT2D eigenvalue weighted by atomic mass is 16.7. The molecule has 3 aromatic rings. The van der Waals surface area contributed by atoms with Crippen molar-refractivity contribution < 1.29 is 28.5 Å². The van der Waals surface area contributed by atoms with Crippen LogP contribution in [0, 0.1) is 6.92 Å². The normalized spacial score (nSPS) is 11.9. The van der Waals surface area contributed by atoms with Gasteiger partial charge >= 0.3 is 0 Å². The molecule has 0 aromatic heterocycles. The lowest BCUT2D eigenvalue weighted by Crippen LogP contribution is -2.20. The van der Waals surface area contributed by atoms with E-state index in [0.29, 0.717) is 35.2 Å². The fourth-order valence-electron chi connectivity index (χ4n) is 3.38. The Morgan fingerprint density at radius 2 is 1.79 bits per heavy atom. The molecule has 174 valence electrons. The van der Waals surface area contributed by atoms with Crippen LogP contribution >= 0.6 is 0 Å². The minimum Gasteiger partial charge on any atom is -0.490 e. The monoisotopic (exact) mass is 459 g/mol. The molecule has 4 rings (SSSR count). The van der Waals surface area contributed by atoms with E-state index in [1.807, 2.05) is 38.1 Å². The van der Waals surface area contributed by atoms with Crippen molar-refractivity contribution in [2.24, 2.45) is 0 Å². The number of ether oxygens (including phenoxy) is 4. The highest BCUT2D eigenvalue weighted by Crippen LogP contribution is 2.33. The van der Waals surface area contributed by atoms with Gasteiger partial charge in [-0.1, -0.05) is 30.3 Å². The molecular weight excluding hydrogens is 434 g/mol. The first-order chi connectivity index (χ1) is 16.5. The van der Waals surface area contributed by atoms with E-state index < -0.39 is 0 Å². The van der Waals surface area contributed by atoms with Gasteiger partial charge in [-0.3, -0.25) is 9.59 Å². The molecule has 1 heterocycles. The number of allylic oxidation sites excluding steroid dienone is 1. The molecule has 0 unspecified atom stereocenters. The van der Waals surface area contributed by atoms with Crippen molar-refractivity contribution in [3.05, 3.63) is 83.4 Å². The van der Waals surface area contributed by atoms with Crippen LogP contribution < -0.4 is 24.3 Å².